The van der Waals surface area contributed by atoms with Crippen LogP contribution in [-0.2, 0) is 4.79 Å². The molecule has 3 heteroatoms. The van der Waals surface area contributed by atoms with Gasteiger partial charge in [0.1, 0.15) is 6.04 Å². The van der Waals surface area contributed by atoms with E-state index in [0.717, 1.165) is 6.54 Å². The molecule has 3 atom stereocenters. The van der Waals surface area contributed by atoms with E-state index >= 15 is 0 Å². The molecule has 0 radical (unpaired) electrons. The van der Waals surface area contributed by atoms with Crippen LogP contribution in [-0.4, -0.2) is 34.6 Å². The first-order valence-electron chi connectivity index (χ1n) is 5.65. The Labute approximate surface area is 86.1 Å². The van der Waals surface area contributed by atoms with E-state index in [1.807, 2.05) is 0 Å². The van der Waals surface area contributed by atoms with E-state index in [2.05, 4.69) is 11.8 Å². The second-order valence-electron chi connectivity index (χ2n) is 4.21. The molecule has 1 saturated heterocycles. The standard InChI is InChI=1S/C11H21NO2/c1-3-4-5-6-7-10-8-12(10)9(2)11(13)14/h9-10H,3-8H2,1-2H3,(H,13,14). The number of carboxylic acids is 1. The van der Waals surface area contributed by atoms with E-state index < -0.39 is 5.97 Å². The zero-order valence-corrected chi connectivity index (χ0v) is 9.20. The van der Waals surface area contributed by atoms with Crippen molar-refractivity contribution in [1.82, 2.24) is 4.90 Å². The Morgan fingerprint density at radius 1 is 1.50 bits per heavy atom. The molecule has 0 amide bonds. The number of unbranched alkanes of at least 4 members (excludes halogenated alkanes) is 3. The number of rotatable bonds is 7. The number of hydrogen-bond donors (Lipinski definition) is 1. The van der Waals surface area contributed by atoms with Crippen molar-refractivity contribution in [2.75, 3.05) is 6.54 Å². The van der Waals surface area contributed by atoms with Crippen molar-refractivity contribution in [3.05, 3.63) is 0 Å². The van der Waals surface area contributed by atoms with Crippen molar-refractivity contribution in [3.63, 3.8) is 0 Å². The molecule has 1 N–H and O–H groups in total. The van der Waals surface area contributed by atoms with Crippen LogP contribution in [0.1, 0.15) is 46.0 Å². The normalized spacial score (nSPS) is 27.3. The summed E-state index contributed by atoms with van der Waals surface area (Å²) in [7, 11) is 0. The van der Waals surface area contributed by atoms with Crippen LogP contribution >= 0.6 is 0 Å². The van der Waals surface area contributed by atoms with Crippen molar-refractivity contribution < 1.29 is 9.90 Å². The lowest BCUT2D eigenvalue weighted by Gasteiger charge is -2.07. The van der Waals surface area contributed by atoms with Gasteiger partial charge in [-0.1, -0.05) is 32.6 Å². The maximum atomic E-state index is 10.7. The lowest BCUT2D eigenvalue weighted by atomic mass is 10.1. The van der Waals surface area contributed by atoms with Gasteiger partial charge < -0.3 is 5.11 Å². The van der Waals surface area contributed by atoms with Crippen LogP contribution in [0.15, 0.2) is 0 Å². The van der Waals surface area contributed by atoms with Crippen LogP contribution in [0.3, 0.4) is 0 Å². The average Bonchev–Trinajstić information content (AvgIpc) is 2.90. The van der Waals surface area contributed by atoms with E-state index in [1.54, 1.807) is 6.92 Å². The van der Waals surface area contributed by atoms with Crippen LogP contribution in [0.4, 0.5) is 0 Å². The molecule has 0 aliphatic carbocycles. The maximum absolute atomic E-state index is 10.7. The van der Waals surface area contributed by atoms with E-state index in [1.165, 1.54) is 32.1 Å². The molecule has 14 heavy (non-hydrogen) atoms. The summed E-state index contributed by atoms with van der Waals surface area (Å²) in [6, 6.07) is 0.268. The van der Waals surface area contributed by atoms with E-state index in [9.17, 15) is 4.79 Å². The smallest absolute Gasteiger partial charge is 0.320 e. The largest absolute Gasteiger partial charge is 0.480 e. The van der Waals surface area contributed by atoms with Crippen molar-refractivity contribution in [2.45, 2.75) is 58.0 Å². The summed E-state index contributed by atoms with van der Waals surface area (Å²) in [5.74, 6) is -0.693. The highest BCUT2D eigenvalue weighted by Crippen LogP contribution is 2.26. The number of aliphatic carboxylic acids is 1. The molecule has 82 valence electrons. The minimum absolute atomic E-state index is 0.286. The number of hydrogen-bond acceptors (Lipinski definition) is 2. The van der Waals surface area contributed by atoms with Gasteiger partial charge in [-0.2, -0.15) is 0 Å². The minimum atomic E-state index is -0.693. The Balaban J connectivity index is 2.05. The van der Waals surface area contributed by atoms with Crippen LogP contribution in [0.2, 0.25) is 0 Å². The van der Waals surface area contributed by atoms with E-state index in [4.69, 9.17) is 5.11 Å². The van der Waals surface area contributed by atoms with Crippen molar-refractivity contribution >= 4 is 5.97 Å². The fourth-order valence-electron chi connectivity index (χ4n) is 1.88. The summed E-state index contributed by atoms with van der Waals surface area (Å²) in [5.41, 5.74) is 0. The molecule has 1 rings (SSSR count). The molecule has 0 bridgehead atoms. The summed E-state index contributed by atoms with van der Waals surface area (Å²) >= 11 is 0. The van der Waals surface area contributed by atoms with Gasteiger partial charge >= 0.3 is 5.97 Å². The van der Waals surface area contributed by atoms with Gasteiger partial charge in [0.25, 0.3) is 0 Å². The van der Waals surface area contributed by atoms with Gasteiger partial charge in [0.2, 0.25) is 0 Å². The van der Waals surface area contributed by atoms with Crippen LogP contribution < -0.4 is 0 Å². The maximum Gasteiger partial charge on any atom is 0.320 e. The van der Waals surface area contributed by atoms with Crippen molar-refractivity contribution in [3.8, 4) is 0 Å². The first-order valence-corrected chi connectivity index (χ1v) is 5.65. The molecule has 3 unspecified atom stereocenters. The zero-order chi connectivity index (χ0) is 10.6. The lowest BCUT2D eigenvalue weighted by Crippen LogP contribution is -2.26. The quantitative estimate of drug-likeness (QED) is 0.504. The predicted molar refractivity (Wildman–Crippen MR) is 56.4 cm³/mol. The summed E-state index contributed by atoms with van der Waals surface area (Å²) in [6.45, 7) is 4.96. The van der Waals surface area contributed by atoms with Gasteiger partial charge in [0, 0.05) is 12.6 Å². The third-order valence-corrected chi connectivity index (χ3v) is 3.00. The first-order chi connectivity index (χ1) is 6.66. The summed E-state index contributed by atoms with van der Waals surface area (Å²) in [4.78, 5) is 12.7. The Kier molecular flexibility index (Phi) is 4.39. The highest BCUT2D eigenvalue weighted by atomic mass is 16.4. The minimum Gasteiger partial charge on any atom is -0.480 e. The molecule has 1 fully saturated rings. The molecule has 1 heterocycles. The van der Waals surface area contributed by atoms with Gasteiger partial charge in [0.15, 0.2) is 0 Å². The van der Waals surface area contributed by atoms with Crippen LogP contribution in [0.5, 0.6) is 0 Å². The van der Waals surface area contributed by atoms with Gasteiger partial charge in [0.05, 0.1) is 0 Å². The zero-order valence-electron chi connectivity index (χ0n) is 9.20. The summed E-state index contributed by atoms with van der Waals surface area (Å²) in [6.07, 6.45) is 6.29. The predicted octanol–water partition coefficient (Wildman–Crippen LogP) is 2.11. The second-order valence-corrected chi connectivity index (χ2v) is 4.21. The Hall–Kier alpha value is -0.570. The van der Waals surface area contributed by atoms with Crippen molar-refractivity contribution in [2.24, 2.45) is 0 Å². The van der Waals surface area contributed by atoms with Gasteiger partial charge in [-0.25, -0.2) is 0 Å². The lowest BCUT2D eigenvalue weighted by molar-refractivity contribution is -0.140. The molecule has 1 aliphatic rings. The van der Waals surface area contributed by atoms with Crippen LogP contribution in [0, 0.1) is 0 Å². The molecular formula is C11H21NO2. The van der Waals surface area contributed by atoms with Gasteiger partial charge in [-0.15, -0.1) is 0 Å². The second kappa shape index (κ2) is 5.35. The molecule has 0 saturated carbocycles. The van der Waals surface area contributed by atoms with Gasteiger partial charge in [-0.3, -0.25) is 9.69 Å². The Bertz CT molecular complexity index is 194. The molecule has 1 aliphatic heterocycles. The fourth-order valence-corrected chi connectivity index (χ4v) is 1.88. The van der Waals surface area contributed by atoms with E-state index in [0.29, 0.717) is 6.04 Å². The number of nitrogens with zero attached hydrogens (tertiary/aromatic N) is 1. The Morgan fingerprint density at radius 3 is 2.79 bits per heavy atom. The monoisotopic (exact) mass is 199 g/mol. The highest BCUT2D eigenvalue weighted by molar-refractivity contribution is 5.73. The SMILES string of the molecule is CCCCCCC1CN1C(C)C(=O)O. The molecule has 3 nitrogen and oxygen atoms in total. The van der Waals surface area contributed by atoms with Crippen molar-refractivity contribution in [1.29, 1.82) is 0 Å². The highest BCUT2D eigenvalue weighted by Gasteiger charge is 2.39. The molecule has 0 aromatic rings. The topological polar surface area (TPSA) is 40.3 Å². The van der Waals surface area contributed by atoms with Gasteiger partial charge in [-0.05, 0) is 13.3 Å². The third kappa shape index (κ3) is 3.29. The summed E-state index contributed by atoms with van der Waals surface area (Å²) < 4.78 is 0. The van der Waals surface area contributed by atoms with E-state index in [-0.39, 0.29) is 6.04 Å². The summed E-state index contributed by atoms with van der Waals surface area (Å²) in [5, 5.41) is 8.78. The molecular weight excluding hydrogens is 178 g/mol. The first kappa shape index (κ1) is 11.5. The number of carboxylic acid groups (broad SMARTS) is 1. The Morgan fingerprint density at radius 2 is 2.21 bits per heavy atom. The van der Waals surface area contributed by atoms with Crippen LogP contribution in [0.25, 0.3) is 0 Å². The fraction of sp³-hybridized carbons (Fsp3) is 0.909. The number of carbonyl (C=O) groups is 1. The molecule has 0 aromatic heterocycles. The average molecular weight is 199 g/mol. The molecule has 0 spiro atoms. The molecule has 0 aromatic carbocycles. The third-order valence-electron chi connectivity index (χ3n) is 3.00.